The van der Waals surface area contributed by atoms with Crippen molar-refractivity contribution in [1.82, 2.24) is 0 Å². The molecular weight excluding hydrogens is 268 g/mol. The number of aliphatic hydroxyl groups is 1. The highest BCUT2D eigenvalue weighted by Crippen LogP contribution is 2.38. The number of hydrogen-bond donors (Lipinski definition) is 1. The van der Waals surface area contributed by atoms with Gasteiger partial charge in [0.2, 0.25) is 0 Å². The van der Waals surface area contributed by atoms with Crippen LogP contribution in [0.1, 0.15) is 36.0 Å². The van der Waals surface area contributed by atoms with E-state index in [9.17, 15) is 9.90 Å². The van der Waals surface area contributed by atoms with Crippen molar-refractivity contribution in [2.24, 2.45) is 0 Å². The lowest BCUT2D eigenvalue weighted by molar-refractivity contribution is 0.00573. The largest absolute Gasteiger partial charge is 0.493 e. The van der Waals surface area contributed by atoms with E-state index in [1.54, 1.807) is 6.07 Å². The molecule has 2 unspecified atom stereocenters. The lowest BCUT2D eigenvalue weighted by Crippen LogP contribution is -2.34. The van der Waals surface area contributed by atoms with Crippen molar-refractivity contribution in [3.63, 3.8) is 0 Å². The summed E-state index contributed by atoms with van der Waals surface area (Å²) < 4.78 is 11.0. The van der Waals surface area contributed by atoms with Crippen molar-refractivity contribution in [2.75, 3.05) is 7.11 Å². The molecule has 1 aromatic carbocycles. The second-order valence-electron chi connectivity index (χ2n) is 4.66. The van der Waals surface area contributed by atoms with Crippen LogP contribution in [0.15, 0.2) is 12.1 Å². The van der Waals surface area contributed by atoms with Gasteiger partial charge < -0.3 is 14.6 Å². The Morgan fingerprint density at radius 3 is 2.74 bits per heavy atom. The van der Waals surface area contributed by atoms with Gasteiger partial charge in [-0.3, -0.25) is 4.79 Å². The second kappa shape index (κ2) is 6.26. The predicted molar refractivity (Wildman–Crippen MR) is 72.3 cm³/mol. The molecule has 1 saturated carbocycles. The number of aliphatic hydroxyl groups excluding tert-OH is 1. The molecule has 0 radical (unpaired) electrons. The number of carbonyl (C=O) groups excluding carboxylic acids is 1. The zero-order chi connectivity index (χ0) is 13.8. The third-order valence-electron chi connectivity index (χ3n) is 3.32. The summed E-state index contributed by atoms with van der Waals surface area (Å²) in [7, 11) is 1.49. The van der Waals surface area contributed by atoms with Gasteiger partial charge >= 0.3 is 0 Å². The fourth-order valence-corrected chi connectivity index (χ4v) is 2.55. The zero-order valence-electron chi connectivity index (χ0n) is 10.8. The molecular formula is C14H17ClO4. The SMILES string of the molecule is COc1cc(C=O)cc(Cl)c1OC1CCCCC1O. The minimum absolute atomic E-state index is 0.276. The molecule has 0 aliphatic heterocycles. The Balaban J connectivity index is 2.25. The Morgan fingerprint density at radius 1 is 1.37 bits per heavy atom. The van der Waals surface area contributed by atoms with E-state index in [0.717, 1.165) is 25.7 Å². The number of ether oxygens (including phenoxy) is 2. The molecule has 1 aromatic rings. The first kappa shape index (κ1) is 14.2. The molecule has 4 nitrogen and oxygen atoms in total. The molecule has 1 aliphatic carbocycles. The van der Waals surface area contributed by atoms with E-state index < -0.39 is 6.10 Å². The average molecular weight is 285 g/mol. The number of hydrogen-bond acceptors (Lipinski definition) is 4. The maximum Gasteiger partial charge on any atom is 0.180 e. The Morgan fingerprint density at radius 2 is 2.11 bits per heavy atom. The van der Waals surface area contributed by atoms with Gasteiger partial charge in [0.25, 0.3) is 0 Å². The van der Waals surface area contributed by atoms with Crippen LogP contribution in [-0.2, 0) is 0 Å². The van der Waals surface area contributed by atoms with E-state index in [-0.39, 0.29) is 6.10 Å². The molecule has 2 atom stereocenters. The summed E-state index contributed by atoms with van der Waals surface area (Å²) in [5.74, 6) is 0.799. The molecule has 1 fully saturated rings. The van der Waals surface area contributed by atoms with Crippen LogP contribution in [0.2, 0.25) is 5.02 Å². The fraction of sp³-hybridized carbons (Fsp3) is 0.500. The van der Waals surface area contributed by atoms with Gasteiger partial charge in [-0.25, -0.2) is 0 Å². The summed E-state index contributed by atoms with van der Waals surface area (Å²) in [4.78, 5) is 10.8. The quantitative estimate of drug-likeness (QED) is 0.864. The summed E-state index contributed by atoms with van der Waals surface area (Å²) in [6.45, 7) is 0. The molecule has 0 heterocycles. The number of aldehydes is 1. The Kier molecular flexibility index (Phi) is 4.66. The van der Waals surface area contributed by atoms with E-state index >= 15 is 0 Å². The van der Waals surface area contributed by atoms with Crippen LogP contribution in [0.25, 0.3) is 0 Å². The first-order chi connectivity index (χ1) is 9.15. The minimum atomic E-state index is -0.486. The highest BCUT2D eigenvalue weighted by molar-refractivity contribution is 6.32. The minimum Gasteiger partial charge on any atom is -0.493 e. The maximum atomic E-state index is 10.8. The van der Waals surface area contributed by atoms with Gasteiger partial charge in [0.1, 0.15) is 12.4 Å². The number of methoxy groups -OCH3 is 1. The highest BCUT2D eigenvalue weighted by atomic mass is 35.5. The normalized spacial score (nSPS) is 22.9. The van der Waals surface area contributed by atoms with Crippen molar-refractivity contribution >= 4 is 17.9 Å². The monoisotopic (exact) mass is 284 g/mol. The maximum absolute atomic E-state index is 10.8. The van der Waals surface area contributed by atoms with Gasteiger partial charge in [-0.2, -0.15) is 0 Å². The number of benzene rings is 1. The van der Waals surface area contributed by atoms with Gasteiger partial charge in [0, 0.05) is 5.56 Å². The average Bonchev–Trinajstić information content (AvgIpc) is 2.42. The summed E-state index contributed by atoms with van der Waals surface area (Å²) >= 11 is 6.11. The molecule has 104 valence electrons. The van der Waals surface area contributed by atoms with Crippen LogP contribution < -0.4 is 9.47 Å². The molecule has 5 heteroatoms. The molecule has 0 aromatic heterocycles. The van der Waals surface area contributed by atoms with E-state index in [4.69, 9.17) is 21.1 Å². The van der Waals surface area contributed by atoms with Crippen LogP contribution >= 0.6 is 11.6 Å². The van der Waals surface area contributed by atoms with Gasteiger partial charge in [0.15, 0.2) is 11.5 Å². The van der Waals surface area contributed by atoms with Crippen LogP contribution in [0, 0.1) is 0 Å². The van der Waals surface area contributed by atoms with Crippen molar-refractivity contribution in [1.29, 1.82) is 0 Å². The lowest BCUT2D eigenvalue weighted by Gasteiger charge is -2.29. The first-order valence-electron chi connectivity index (χ1n) is 6.33. The van der Waals surface area contributed by atoms with Crippen LogP contribution in [0.4, 0.5) is 0 Å². The summed E-state index contributed by atoms with van der Waals surface area (Å²) in [5.41, 5.74) is 0.429. The summed E-state index contributed by atoms with van der Waals surface area (Å²) in [6.07, 6.45) is 3.49. The van der Waals surface area contributed by atoms with Gasteiger partial charge in [-0.05, 0) is 31.4 Å². The molecule has 0 saturated heterocycles. The van der Waals surface area contributed by atoms with E-state index in [0.29, 0.717) is 28.4 Å². The molecule has 19 heavy (non-hydrogen) atoms. The van der Waals surface area contributed by atoms with Gasteiger partial charge in [0.05, 0.1) is 18.2 Å². The van der Waals surface area contributed by atoms with Crippen LogP contribution in [0.3, 0.4) is 0 Å². The van der Waals surface area contributed by atoms with Crippen LogP contribution in [-0.4, -0.2) is 30.7 Å². The Labute approximate surface area is 117 Å². The fourth-order valence-electron chi connectivity index (χ4n) is 2.29. The Bertz CT molecular complexity index is 461. The van der Waals surface area contributed by atoms with Gasteiger partial charge in [-0.1, -0.05) is 18.0 Å². The Hall–Kier alpha value is -1.26. The smallest absolute Gasteiger partial charge is 0.180 e. The third-order valence-corrected chi connectivity index (χ3v) is 3.61. The second-order valence-corrected chi connectivity index (χ2v) is 5.07. The third kappa shape index (κ3) is 3.19. The summed E-state index contributed by atoms with van der Waals surface area (Å²) in [6, 6.07) is 3.10. The topological polar surface area (TPSA) is 55.8 Å². The number of carbonyl (C=O) groups is 1. The molecule has 0 amide bonds. The molecule has 2 rings (SSSR count). The number of rotatable bonds is 4. The zero-order valence-corrected chi connectivity index (χ0v) is 11.5. The highest BCUT2D eigenvalue weighted by Gasteiger charge is 2.26. The molecule has 0 bridgehead atoms. The van der Waals surface area contributed by atoms with Crippen molar-refractivity contribution in [2.45, 2.75) is 37.9 Å². The summed E-state index contributed by atoms with van der Waals surface area (Å²) in [5, 5.41) is 10.2. The van der Waals surface area contributed by atoms with Crippen molar-refractivity contribution in [3.8, 4) is 11.5 Å². The van der Waals surface area contributed by atoms with Gasteiger partial charge in [-0.15, -0.1) is 0 Å². The number of halogens is 1. The molecule has 1 N–H and O–H groups in total. The van der Waals surface area contributed by atoms with E-state index in [2.05, 4.69) is 0 Å². The lowest BCUT2D eigenvalue weighted by atomic mass is 9.95. The van der Waals surface area contributed by atoms with Crippen molar-refractivity contribution in [3.05, 3.63) is 22.7 Å². The van der Waals surface area contributed by atoms with Crippen LogP contribution in [0.5, 0.6) is 11.5 Å². The van der Waals surface area contributed by atoms with E-state index in [1.807, 2.05) is 0 Å². The predicted octanol–water partition coefficient (Wildman–Crippen LogP) is 2.84. The van der Waals surface area contributed by atoms with E-state index in [1.165, 1.54) is 13.2 Å². The molecule has 0 spiro atoms. The van der Waals surface area contributed by atoms with Crippen molar-refractivity contribution < 1.29 is 19.4 Å². The standard InChI is InChI=1S/C14H17ClO4/c1-18-13-7-9(8-16)6-10(15)14(13)19-12-5-3-2-4-11(12)17/h6-8,11-12,17H,2-5H2,1H3. The molecule has 1 aliphatic rings. The first-order valence-corrected chi connectivity index (χ1v) is 6.71.